The highest BCUT2D eigenvalue weighted by Gasteiger charge is 2.24. The van der Waals surface area contributed by atoms with Crippen LogP contribution >= 0.6 is 12.2 Å². The van der Waals surface area contributed by atoms with Crippen molar-refractivity contribution in [2.75, 3.05) is 6.54 Å². The largest absolute Gasteiger partial charge is 0.389 e. The summed E-state index contributed by atoms with van der Waals surface area (Å²) in [4.78, 5) is 11.8. The molecule has 1 aliphatic carbocycles. The number of thiocarbonyl (C=S) groups is 1. The van der Waals surface area contributed by atoms with Crippen LogP contribution in [0.3, 0.4) is 0 Å². The molecule has 2 rings (SSSR count). The molecule has 0 aromatic heterocycles. The summed E-state index contributed by atoms with van der Waals surface area (Å²) < 4.78 is 26.5. The van der Waals surface area contributed by atoms with E-state index in [1.54, 1.807) is 13.0 Å². The van der Waals surface area contributed by atoms with Crippen LogP contribution in [0.15, 0.2) is 23.1 Å². The molecule has 0 atom stereocenters. The van der Waals surface area contributed by atoms with Gasteiger partial charge in [0.15, 0.2) is 0 Å². The third kappa shape index (κ3) is 4.23. The Balaban J connectivity index is 2.06. The Bertz CT molecular complexity index is 682. The Morgan fingerprint density at radius 3 is 2.62 bits per heavy atom. The van der Waals surface area contributed by atoms with Gasteiger partial charge in [0.05, 0.1) is 11.4 Å². The minimum absolute atomic E-state index is 0.0826. The zero-order valence-corrected chi connectivity index (χ0v) is 13.2. The van der Waals surface area contributed by atoms with Crippen LogP contribution in [-0.4, -0.2) is 31.9 Å². The van der Waals surface area contributed by atoms with Gasteiger partial charge in [-0.15, -0.1) is 0 Å². The van der Waals surface area contributed by atoms with Crippen LogP contribution in [0.2, 0.25) is 0 Å². The summed E-state index contributed by atoms with van der Waals surface area (Å²) in [5.41, 5.74) is 6.85. The van der Waals surface area contributed by atoms with Crippen LogP contribution in [0.5, 0.6) is 0 Å². The van der Waals surface area contributed by atoms with Gasteiger partial charge in [-0.25, -0.2) is 13.1 Å². The molecule has 8 heteroatoms. The SMILES string of the molecule is Cc1cc(S(=O)(=O)NCC(=O)NC2CC2)ccc1C(N)=S. The highest BCUT2D eigenvalue weighted by atomic mass is 32.2. The van der Waals surface area contributed by atoms with Crippen LogP contribution in [-0.2, 0) is 14.8 Å². The Morgan fingerprint density at radius 2 is 2.10 bits per heavy atom. The highest BCUT2D eigenvalue weighted by molar-refractivity contribution is 7.89. The van der Waals surface area contributed by atoms with E-state index < -0.39 is 10.0 Å². The number of amides is 1. The maximum Gasteiger partial charge on any atom is 0.241 e. The van der Waals surface area contributed by atoms with E-state index in [1.807, 2.05) is 0 Å². The summed E-state index contributed by atoms with van der Waals surface area (Å²) in [6, 6.07) is 4.67. The molecule has 1 aromatic carbocycles. The molecule has 4 N–H and O–H groups in total. The minimum Gasteiger partial charge on any atom is -0.389 e. The van der Waals surface area contributed by atoms with Crippen molar-refractivity contribution in [3.8, 4) is 0 Å². The molecule has 0 aliphatic heterocycles. The molecule has 21 heavy (non-hydrogen) atoms. The average molecular weight is 327 g/mol. The Kier molecular flexibility index (Phi) is 4.60. The van der Waals surface area contributed by atoms with Gasteiger partial charge >= 0.3 is 0 Å². The number of nitrogens with two attached hydrogens (primary N) is 1. The second-order valence-corrected chi connectivity index (χ2v) is 7.21. The van der Waals surface area contributed by atoms with Gasteiger partial charge in [0, 0.05) is 11.6 Å². The van der Waals surface area contributed by atoms with Crippen molar-refractivity contribution < 1.29 is 13.2 Å². The summed E-state index contributed by atoms with van der Waals surface area (Å²) in [5.74, 6) is -0.322. The molecule has 1 saturated carbocycles. The summed E-state index contributed by atoms with van der Waals surface area (Å²) in [7, 11) is -3.73. The molecule has 1 amide bonds. The second kappa shape index (κ2) is 6.08. The van der Waals surface area contributed by atoms with Crippen molar-refractivity contribution in [2.24, 2.45) is 5.73 Å². The first-order valence-corrected chi connectivity index (χ1v) is 8.38. The quantitative estimate of drug-likeness (QED) is 0.647. The summed E-state index contributed by atoms with van der Waals surface area (Å²) in [6.07, 6.45) is 1.91. The van der Waals surface area contributed by atoms with Crippen molar-refractivity contribution in [1.82, 2.24) is 10.0 Å². The van der Waals surface area contributed by atoms with Gasteiger partial charge in [0.2, 0.25) is 15.9 Å². The average Bonchev–Trinajstić information content (AvgIpc) is 3.20. The fraction of sp³-hybridized carbons (Fsp3) is 0.385. The van der Waals surface area contributed by atoms with E-state index in [-0.39, 0.29) is 28.4 Å². The van der Waals surface area contributed by atoms with Gasteiger partial charge in [-0.3, -0.25) is 4.79 Å². The first-order valence-electron chi connectivity index (χ1n) is 6.49. The fourth-order valence-electron chi connectivity index (χ4n) is 1.83. The van der Waals surface area contributed by atoms with Crippen LogP contribution in [0.25, 0.3) is 0 Å². The van der Waals surface area contributed by atoms with E-state index in [2.05, 4.69) is 10.0 Å². The number of nitrogens with one attached hydrogen (secondary N) is 2. The van der Waals surface area contributed by atoms with E-state index in [0.29, 0.717) is 11.1 Å². The molecule has 1 aliphatic rings. The molecule has 0 radical (unpaired) electrons. The van der Waals surface area contributed by atoms with Crippen molar-refractivity contribution in [3.63, 3.8) is 0 Å². The third-order valence-corrected chi connectivity index (χ3v) is 4.76. The van der Waals surface area contributed by atoms with Crippen LogP contribution in [0.1, 0.15) is 24.0 Å². The minimum atomic E-state index is -3.73. The van der Waals surface area contributed by atoms with Crippen LogP contribution in [0.4, 0.5) is 0 Å². The van der Waals surface area contributed by atoms with Gasteiger partial charge in [-0.1, -0.05) is 18.3 Å². The van der Waals surface area contributed by atoms with E-state index in [1.165, 1.54) is 12.1 Å². The molecule has 0 unspecified atom stereocenters. The highest BCUT2D eigenvalue weighted by Crippen LogP contribution is 2.18. The second-order valence-electron chi connectivity index (χ2n) is 5.01. The number of aryl methyl sites for hydroxylation is 1. The number of hydrogen-bond acceptors (Lipinski definition) is 4. The number of hydrogen-bond donors (Lipinski definition) is 3. The van der Waals surface area contributed by atoms with Crippen molar-refractivity contribution in [3.05, 3.63) is 29.3 Å². The van der Waals surface area contributed by atoms with Crippen molar-refractivity contribution in [2.45, 2.75) is 30.7 Å². The number of carbonyl (C=O) groups is 1. The molecule has 6 nitrogen and oxygen atoms in total. The first kappa shape index (κ1) is 15.9. The van der Waals surface area contributed by atoms with Gasteiger partial charge in [-0.05, 0) is 37.5 Å². The maximum absolute atomic E-state index is 12.1. The number of sulfonamides is 1. The molecule has 0 spiro atoms. The van der Waals surface area contributed by atoms with Gasteiger partial charge < -0.3 is 11.1 Å². The van der Waals surface area contributed by atoms with Gasteiger partial charge in [-0.2, -0.15) is 0 Å². The van der Waals surface area contributed by atoms with E-state index in [0.717, 1.165) is 12.8 Å². The third-order valence-electron chi connectivity index (χ3n) is 3.14. The van der Waals surface area contributed by atoms with Crippen LogP contribution < -0.4 is 15.8 Å². The molecule has 0 bridgehead atoms. The lowest BCUT2D eigenvalue weighted by molar-refractivity contribution is -0.120. The summed E-state index contributed by atoms with van der Waals surface area (Å²) >= 11 is 4.88. The van der Waals surface area contributed by atoms with Gasteiger partial charge in [0.25, 0.3) is 0 Å². The lowest BCUT2D eigenvalue weighted by Gasteiger charge is -2.10. The first-order chi connectivity index (χ1) is 9.79. The monoisotopic (exact) mass is 327 g/mol. The van der Waals surface area contributed by atoms with Crippen molar-refractivity contribution in [1.29, 1.82) is 0 Å². The lowest BCUT2D eigenvalue weighted by atomic mass is 10.1. The fourth-order valence-corrected chi connectivity index (χ4v) is 3.13. The smallest absolute Gasteiger partial charge is 0.241 e. The number of rotatable bonds is 6. The Labute approximate surface area is 129 Å². The van der Waals surface area contributed by atoms with E-state index >= 15 is 0 Å². The van der Waals surface area contributed by atoms with Crippen molar-refractivity contribution >= 4 is 33.1 Å². The molecule has 1 fully saturated rings. The predicted molar refractivity (Wildman–Crippen MR) is 83.4 cm³/mol. The normalized spacial score (nSPS) is 14.7. The Morgan fingerprint density at radius 1 is 1.43 bits per heavy atom. The summed E-state index contributed by atoms with van der Waals surface area (Å²) in [6.45, 7) is 1.46. The topological polar surface area (TPSA) is 101 Å². The standard InChI is InChI=1S/C13H17N3O3S2/c1-8-6-10(4-5-11(8)13(14)20)21(18,19)15-7-12(17)16-9-2-3-9/h4-6,9,15H,2-3,7H2,1H3,(H2,14,20)(H,16,17). The number of carbonyl (C=O) groups excluding carboxylic acids is 1. The van der Waals surface area contributed by atoms with Gasteiger partial charge in [0.1, 0.15) is 4.99 Å². The molecule has 114 valence electrons. The summed E-state index contributed by atoms with van der Waals surface area (Å²) in [5, 5.41) is 2.71. The Hall–Kier alpha value is -1.51. The van der Waals surface area contributed by atoms with Crippen LogP contribution in [0, 0.1) is 6.92 Å². The molecule has 0 heterocycles. The molecule has 1 aromatic rings. The molecular weight excluding hydrogens is 310 g/mol. The maximum atomic E-state index is 12.1. The zero-order chi connectivity index (χ0) is 15.6. The lowest BCUT2D eigenvalue weighted by Crippen LogP contribution is -2.37. The zero-order valence-electron chi connectivity index (χ0n) is 11.5. The molecular formula is C13H17N3O3S2. The van der Waals surface area contributed by atoms with E-state index in [9.17, 15) is 13.2 Å². The number of benzene rings is 1. The molecule has 0 saturated heterocycles. The predicted octanol–water partition coefficient (Wildman–Crippen LogP) is 0.186. The van der Waals surface area contributed by atoms with E-state index in [4.69, 9.17) is 18.0 Å².